The fraction of sp³-hybridized carbons (Fsp3) is 0.357. The monoisotopic (exact) mass is 216 g/mol. The summed E-state index contributed by atoms with van der Waals surface area (Å²) in [7, 11) is 0. The number of hydrogen-bond donors (Lipinski definition) is 1. The molecule has 0 aromatic heterocycles. The lowest BCUT2D eigenvalue weighted by atomic mass is 9.95. The van der Waals surface area contributed by atoms with Crippen molar-refractivity contribution in [2.75, 3.05) is 0 Å². The first-order valence-corrected chi connectivity index (χ1v) is 5.67. The van der Waals surface area contributed by atoms with E-state index in [0.29, 0.717) is 11.8 Å². The summed E-state index contributed by atoms with van der Waals surface area (Å²) in [6, 6.07) is 6.38. The number of hydrogen-bond acceptors (Lipinski definition) is 1. The summed E-state index contributed by atoms with van der Waals surface area (Å²) in [6.45, 7) is 10.1. The molecular formula is C14H20N2. The Kier molecular flexibility index (Phi) is 4.29. The van der Waals surface area contributed by atoms with Gasteiger partial charge in [0.25, 0.3) is 0 Å². The predicted molar refractivity (Wildman–Crippen MR) is 70.8 cm³/mol. The highest BCUT2D eigenvalue weighted by Gasteiger charge is 2.07. The van der Waals surface area contributed by atoms with E-state index >= 15 is 0 Å². The van der Waals surface area contributed by atoms with Crippen LogP contribution in [0.5, 0.6) is 0 Å². The van der Waals surface area contributed by atoms with E-state index in [1.54, 1.807) is 0 Å². The zero-order chi connectivity index (χ0) is 12.1. The Morgan fingerprint density at radius 3 is 2.69 bits per heavy atom. The number of rotatable bonds is 4. The van der Waals surface area contributed by atoms with Crippen LogP contribution in [-0.2, 0) is 6.42 Å². The van der Waals surface area contributed by atoms with Gasteiger partial charge in [0.1, 0.15) is 5.84 Å². The molecule has 0 fully saturated rings. The Labute approximate surface area is 97.9 Å². The first-order valence-electron chi connectivity index (χ1n) is 5.67. The molecule has 0 unspecified atom stereocenters. The van der Waals surface area contributed by atoms with Crippen molar-refractivity contribution < 1.29 is 0 Å². The smallest absolute Gasteiger partial charge is 0.130 e. The molecule has 0 radical (unpaired) electrons. The topological polar surface area (TPSA) is 38.4 Å². The van der Waals surface area contributed by atoms with Crippen molar-refractivity contribution in [3.05, 3.63) is 47.7 Å². The number of benzene rings is 1. The molecule has 1 aromatic carbocycles. The number of nitrogens with two attached hydrogens (primary N) is 1. The van der Waals surface area contributed by atoms with E-state index in [4.69, 9.17) is 5.73 Å². The van der Waals surface area contributed by atoms with E-state index in [2.05, 4.69) is 50.5 Å². The van der Waals surface area contributed by atoms with Crippen molar-refractivity contribution >= 4 is 5.84 Å². The van der Waals surface area contributed by atoms with Crippen molar-refractivity contribution in [2.24, 2.45) is 10.7 Å². The molecule has 0 spiro atoms. The zero-order valence-electron chi connectivity index (χ0n) is 10.3. The van der Waals surface area contributed by atoms with Gasteiger partial charge in [-0.25, -0.2) is 4.99 Å². The predicted octanol–water partition coefficient (Wildman–Crippen LogP) is 3.22. The summed E-state index contributed by atoms with van der Waals surface area (Å²) >= 11 is 0. The van der Waals surface area contributed by atoms with E-state index in [-0.39, 0.29) is 0 Å². The molecule has 16 heavy (non-hydrogen) atoms. The largest absolute Gasteiger partial charge is 0.383 e. The summed E-state index contributed by atoms with van der Waals surface area (Å²) in [5, 5.41) is 0. The summed E-state index contributed by atoms with van der Waals surface area (Å²) in [5.74, 6) is 1.08. The summed E-state index contributed by atoms with van der Waals surface area (Å²) in [6.07, 6.45) is 2.44. The van der Waals surface area contributed by atoms with E-state index in [1.165, 1.54) is 17.3 Å². The van der Waals surface area contributed by atoms with Crippen molar-refractivity contribution in [3.8, 4) is 0 Å². The molecule has 0 amide bonds. The van der Waals surface area contributed by atoms with Crippen molar-refractivity contribution in [2.45, 2.75) is 33.1 Å². The SMILES string of the molecule is C=CN=C(N)c1ccc(C(C)C)cc1CC. The number of aryl methyl sites for hydroxylation is 1. The van der Waals surface area contributed by atoms with E-state index < -0.39 is 0 Å². The zero-order valence-corrected chi connectivity index (χ0v) is 10.3. The van der Waals surface area contributed by atoms with Gasteiger partial charge < -0.3 is 5.73 Å². The molecule has 0 saturated carbocycles. The standard InChI is InChI=1S/C14H20N2/c1-5-11-9-12(10(3)4)7-8-13(11)14(15)16-6-2/h6-10H,2,5H2,1,3-4H3,(H2,15,16). The van der Waals surface area contributed by atoms with Crippen LogP contribution in [0, 0.1) is 0 Å². The third kappa shape index (κ3) is 2.72. The third-order valence-corrected chi connectivity index (χ3v) is 2.68. The van der Waals surface area contributed by atoms with Gasteiger partial charge in [-0.3, -0.25) is 0 Å². The van der Waals surface area contributed by atoms with Gasteiger partial charge in [0, 0.05) is 11.8 Å². The second kappa shape index (κ2) is 5.50. The minimum Gasteiger partial charge on any atom is -0.383 e. The lowest BCUT2D eigenvalue weighted by Crippen LogP contribution is -2.15. The molecule has 2 heteroatoms. The molecular weight excluding hydrogens is 196 g/mol. The van der Waals surface area contributed by atoms with Crippen LogP contribution in [0.2, 0.25) is 0 Å². The average Bonchev–Trinajstić information content (AvgIpc) is 2.28. The maximum atomic E-state index is 5.89. The fourth-order valence-electron chi connectivity index (χ4n) is 1.68. The highest BCUT2D eigenvalue weighted by molar-refractivity contribution is 5.99. The average molecular weight is 216 g/mol. The van der Waals surface area contributed by atoms with E-state index in [0.717, 1.165) is 12.0 Å². The molecule has 0 aliphatic heterocycles. The second-order valence-electron chi connectivity index (χ2n) is 4.12. The minimum atomic E-state index is 0.539. The highest BCUT2D eigenvalue weighted by Crippen LogP contribution is 2.19. The lowest BCUT2D eigenvalue weighted by molar-refractivity contribution is 0.862. The quantitative estimate of drug-likeness (QED) is 0.609. The molecule has 0 aliphatic rings. The summed E-state index contributed by atoms with van der Waals surface area (Å²) in [5.41, 5.74) is 9.49. The van der Waals surface area contributed by atoms with Crippen LogP contribution in [-0.4, -0.2) is 5.84 Å². The molecule has 2 N–H and O–H groups in total. The van der Waals surface area contributed by atoms with E-state index in [1.807, 2.05) is 0 Å². The third-order valence-electron chi connectivity index (χ3n) is 2.68. The van der Waals surface area contributed by atoms with Crippen molar-refractivity contribution in [1.82, 2.24) is 0 Å². The van der Waals surface area contributed by atoms with Crippen molar-refractivity contribution in [1.29, 1.82) is 0 Å². The maximum absolute atomic E-state index is 5.89. The molecule has 2 nitrogen and oxygen atoms in total. The molecule has 0 aliphatic carbocycles. The molecule has 1 rings (SSSR count). The van der Waals surface area contributed by atoms with Crippen molar-refractivity contribution in [3.63, 3.8) is 0 Å². The number of nitrogens with zero attached hydrogens (tertiary/aromatic N) is 1. The van der Waals surface area contributed by atoms with Gasteiger partial charge >= 0.3 is 0 Å². The molecule has 86 valence electrons. The van der Waals surface area contributed by atoms with Crippen LogP contribution < -0.4 is 5.73 Å². The fourth-order valence-corrected chi connectivity index (χ4v) is 1.68. The van der Waals surface area contributed by atoms with Crippen LogP contribution in [0.3, 0.4) is 0 Å². The number of amidine groups is 1. The van der Waals surface area contributed by atoms with Crippen LogP contribution in [0.25, 0.3) is 0 Å². The first kappa shape index (κ1) is 12.5. The normalized spacial score (nSPS) is 11.9. The Morgan fingerprint density at radius 1 is 1.50 bits per heavy atom. The van der Waals surface area contributed by atoms with Gasteiger partial charge in [-0.2, -0.15) is 0 Å². The van der Waals surface area contributed by atoms with Crippen LogP contribution >= 0.6 is 0 Å². The van der Waals surface area contributed by atoms with Gasteiger partial charge in [0.05, 0.1) is 0 Å². The van der Waals surface area contributed by atoms with Gasteiger partial charge in [-0.05, 0) is 23.5 Å². The summed E-state index contributed by atoms with van der Waals surface area (Å²) < 4.78 is 0. The van der Waals surface area contributed by atoms with Gasteiger partial charge in [0.15, 0.2) is 0 Å². The van der Waals surface area contributed by atoms with Crippen LogP contribution in [0.1, 0.15) is 43.4 Å². The Morgan fingerprint density at radius 2 is 2.19 bits per heavy atom. The lowest BCUT2D eigenvalue weighted by Gasteiger charge is -2.11. The van der Waals surface area contributed by atoms with Gasteiger partial charge in [-0.15, -0.1) is 0 Å². The molecule has 0 bridgehead atoms. The maximum Gasteiger partial charge on any atom is 0.130 e. The molecule has 0 atom stereocenters. The van der Waals surface area contributed by atoms with Crippen LogP contribution in [0.15, 0.2) is 36.0 Å². The highest BCUT2D eigenvalue weighted by atomic mass is 14.8. The Hall–Kier alpha value is -1.57. The second-order valence-corrected chi connectivity index (χ2v) is 4.12. The van der Waals surface area contributed by atoms with Crippen LogP contribution in [0.4, 0.5) is 0 Å². The minimum absolute atomic E-state index is 0.539. The Bertz CT molecular complexity index is 403. The molecule has 1 aromatic rings. The first-order chi connectivity index (χ1) is 7.60. The molecule has 0 heterocycles. The Balaban J connectivity index is 3.21. The molecule has 0 saturated heterocycles. The summed E-state index contributed by atoms with van der Waals surface area (Å²) in [4.78, 5) is 4.04. The number of aliphatic imine (C=N–C) groups is 1. The van der Waals surface area contributed by atoms with Gasteiger partial charge in [0.2, 0.25) is 0 Å². The van der Waals surface area contributed by atoms with E-state index in [9.17, 15) is 0 Å². The van der Waals surface area contributed by atoms with Gasteiger partial charge in [-0.1, -0.05) is 45.5 Å².